The van der Waals surface area contributed by atoms with Crippen molar-refractivity contribution in [3.8, 4) is 0 Å². The van der Waals surface area contributed by atoms with Crippen LogP contribution in [0, 0.1) is 5.41 Å². The lowest BCUT2D eigenvalue weighted by Crippen LogP contribution is -2.73. The van der Waals surface area contributed by atoms with Crippen LogP contribution in [0.3, 0.4) is 0 Å². The van der Waals surface area contributed by atoms with E-state index in [0.29, 0.717) is 13.2 Å². The summed E-state index contributed by atoms with van der Waals surface area (Å²) in [6.07, 6.45) is 1.56. The Balaban J connectivity index is 1.96. The van der Waals surface area contributed by atoms with Crippen LogP contribution in [0.25, 0.3) is 0 Å². The number of hydrogen-bond acceptors (Lipinski definition) is 2. The maximum Gasteiger partial charge on any atom is 0.233 e. The molecule has 1 amide bonds. The highest BCUT2D eigenvalue weighted by Crippen LogP contribution is 2.49. The summed E-state index contributed by atoms with van der Waals surface area (Å²) < 4.78 is 5.55. The van der Waals surface area contributed by atoms with Gasteiger partial charge < -0.3 is 9.64 Å². The molecule has 120 valence electrons. The van der Waals surface area contributed by atoms with E-state index in [9.17, 15) is 4.79 Å². The van der Waals surface area contributed by atoms with Crippen LogP contribution >= 0.6 is 0 Å². The van der Waals surface area contributed by atoms with E-state index < -0.39 is 5.41 Å². The first-order valence-electron chi connectivity index (χ1n) is 8.27. The summed E-state index contributed by atoms with van der Waals surface area (Å²) in [4.78, 5) is 15.6. The molecule has 0 saturated carbocycles. The molecular weight excluding hydrogens is 274 g/mol. The molecule has 0 spiro atoms. The largest absolute Gasteiger partial charge is 0.381 e. The molecule has 0 bridgehead atoms. The lowest BCUT2D eigenvalue weighted by Gasteiger charge is -2.63. The second kappa shape index (κ2) is 5.09. The molecule has 0 atom stereocenters. The molecule has 2 aliphatic heterocycles. The molecule has 0 radical (unpaired) electrons. The van der Waals surface area contributed by atoms with Gasteiger partial charge in [-0.05, 0) is 32.3 Å². The van der Waals surface area contributed by atoms with Crippen molar-refractivity contribution in [3.05, 3.63) is 35.9 Å². The SMILES string of the molecule is CC1(C)CN(C(=O)C2(c3ccccc3)CCOCC2)C1(C)C. The van der Waals surface area contributed by atoms with Gasteiger partial charge in [-0.1, -0.05) is 44.2 Å². The number of ether oxygens (including phenoxy) is 1. The minimum atomic E-state index is -0.409. The first-order valence-corrected chi connectivity index (χ1v) is 8.27. The van der Waals surface area contributed by atoms with Crippen LogP contribution < -0.4 is 0 Å². The van der Waals surface area contributed by atoms with Gasteiger partial charge in [-0.15, -0.1) is 0 Å². The smallest absolute Gasteiger partial charge is 0.233 e. The third kappa shape index (κ3) is 2.10. The lowest BCUT2D eigenvalue weighted by atomic mass is 9.62. The van der Waals surface area contributed by atoms with E-state index in [0.717, 1.165) is 24.9 Å². The Labute approximate surface area is 133 Å². The summed E-state index contributed by atoms with van der Waals surface area (Å²) in [5.41, 5.74) is 0.812. The Bertz CT molecular complexity index is 556. The summed E-state index contributed by atoms with van der Waals surface area (Å²) in [5, 5.41) is 0. The molecular formula is C19H27NO2. The van der Waals surface area contributed by atoms with Gasteiger partial charge in [0.2, 0.25) is 5.91 Å². The molecule has 3 nitrogen and oxygen atoms in total. The van der Waals surface area contributed by atoms with Crippen LogP contribution in [0.5, 0.6) is 0 Å². The number of hydrogen-bond donors (Lipinski definition) is 0. The molecule has 1 aromatic carbocycles. The van der Waals surface area contributed by atoms with Crippen LogP contribution in [0.15, 0.2) is 30.3 Å². The Hall–Kier alpha value is -1.35. The molecule has 22 heavy (non-hydrogen) atoms. The number of benzene rings is 1. The van der Waals surface area contributed by atoms with E-state index in [4.69, 9.17) is 4.74 Å². The van der Waals surface area contributed by atoms with E-state index in [1.54, 1.807) is 0 Å². The number of rotatable bonds is 2. The van der Waals surface area contributed by atoms with Crippen molar-refractivity contribution < 1.29 is 9.53 Å². The van der Waals surface area contributed by atoms with Crippen molar-refractivity contribution in [3.63, 3.8) is 0 Å². The highest BCUT2D eigenvalue weighted by molar-refractivity contribution is 5.90. The minimum Gasteiger partial charge on any atom is -0.381 e. The van der Waals surface area contributed by atoms with Crippen molar-refractivity contribution in [2.45, 2.75) is 51.5 Å². The fourth-order valence-corrected chi connectivity index (χ4v) is 3.75. The Morgan fingerprint density at radius 3 is 2.14 bits per heavy atom. The predicted molar refractivity (Wildman–Crippen MR) is 87.7 cm³/mol. The van der Waals surface area contributed by atoms with Crippen molar-refractivity contribution in [2.75, 3.05) is 19.8 Å². The average molecular weight is 301 g/mol. The fraction of sp³-hybridized carbons (Fsp3) is 0.632. The normalized spacial score (nSPS) is 25.4. The molecule has 2 aliphatic rings. The van der Waals surface area contributed by atoms with Gasteiger partial charge in [-0.3, -0.25) is 4.79 Å². The summed E-state index contributed by atoms with van der Waals surface area (Å²) in [6.45, 7) is 11.0. The van der Waals surface area contributed by atoms with Gasteiger partial charge in [0.15, 0.2) is 0 Å². The average Bonchev–Trinajstić information content (AvgIpc) is 2.53. The number of likely N-dealkylation sites (tertiary alicyclic amines) is 1. The highest BCUT2D eigenvalue weighted by atomic mass is 16.5. The molecule has 2 heterocycles. The van der Waals surface area contributed by atoms with Gasteiger partial charge in [0.05, 0.1) is 5.41 Å². The number of nitrogens with zero attached hydrogens (tertiary/aromatic N) is 1. The first-order chi connectivity index (χ1) is 10.3. The van der Waals surface area contributed by atoms with Gasteiger partial charge in [-0.25, -0.2) is 0 Å². The van der Waals surface area contributed by atoms with E-state index in [1.807, 2.05) is 18.2 Å². The van der Waals surface area contributed by atoms with Crippen LogP contribution in [-0.2, 0) is 14.9 Å². The minimum absolute atomic E-state index is 0.0931. The predicted octanol–water partition coefficient (Wildman–Crippen LogP) is 3.38. The summed E-state index contributed by atoms with van der Waals surface area (Å²) >= 11 is 0. The molecule has 1 aromatic rings. The van der Waals surface area contributed by atoms with Crippen LogP contribution in [0.2, 0.25) is 0 Å². The fourth-order valence-electron chi connectivity index (χ4n) is 3.75. The zero-order valence-corrected chi connectivity index (χ0v) is 14.2. The lowest BCUT2D eigenvalue weighted by molar-refractivity contribution is -0.177. The van der Waals surface area contributed by atoms with E-state index in [1.165, 1.54) is 0 Å². The van der Waals surface area contributed by atoms with Gasteiger partial charge in [0.25, 0.3) is 0 Å². The standard InChI is InChI=1S/C19H27NO2/c1-17(2)14-20(18(17,3)4)16(21)19(10-12-22-13-11-19)15-8-6-5-7-9-15/h5-9H,10-14H2,1-4H3. The van der Waals surface area contributed by atoms with Gasteiger partial charge in [-0.2, -0.15) is 0 Å². The molecule has 0 aromatic heterocycles. The Kier molecular flexibility index (Phi) is 3.59. The van der Waals surface area contributed by atoms with Crippen LogP contribution in [0.1, 0.15) is 46.1 Å². The van der Waals surface area contributed by atoms with Crippen LogP contribution in [-0.4, -0.2) is 36.1 Å². The Morgan fingerprint density at radius 1 is 1.05 bits per heavy atom. The van der Waals surface area contributed by atoms with Crippen molar-refractivity contribution in [1.29, 1.82) is 0 Å². The third-order valence-electron chi connectivity index (χ3n) is 6.21. The molecule has 0 N–H and O–H groups in total. The van der Waals surface area contributed by atoms with Crippen molar-refractivity contribution >= 4 is 5.91 Å². The molecule has 2 fully saturated rings. The Morgan fingerprint density at radius 2 is 1.64 bits per heavy atom. The van der Waals surface area contributed by atoms with Crippen molar-refractivity contribution in [2.24, 2.45) is 5.41 Å². The maximum absolute atomic E-state index is 13.5. The molecule has 3 heteroatoms. The monoisotopic (exact) mass is 301 g/mol. The third-order valence-corrected chi connectivity index (χ3v) is 6.21. The summed E-state index contributed by atoms with van der Waals surface area (Å²) in [6, 6.07) is 10.3. The summed E-state index contributed by atoms with van der Waals surface area (Å²) in [7, 11) is 0. The first kappa shape index (κ1) is 15.5. The number of carbonyl (C=O) groups excluding carboxylic acids is 1. The number of amides is 1. The molecule has 2 saturated heterocycles. The highest BCUT2D eigenvalue weighted by Gasteiger charge is 2.58. The van der Waals surface area contributed by atoms with E-state index in [2.05, 4.69) is 44.7 Å². The quantitative estimate of drug-likeness (QED) is 0.838. The molecule has 0 aliphatic carbocycles. The topological polar surface area (TPSA) is 29.5 Å². The zero-order valence-electron chi connectivity index (χ0n) is 14.2. The zero-order chi connectivity index (χ0) is 16.0. The molecule has 0 unspecified atom stereocenters. The van der Waals surface area contributed by atoms with Gasteiger partial charge in [0.1, 0.15) is 0 Å². The van der Waals surface area contributed by atoms with E-state index >= 15 is 0 Å². The van der Waals surface area contributed by atoms with Crippen molar-refractivity contribution in [1.82, 2.24) is 4.90 Å². The van der Waals surface area contributed by atoms with Gasteiger partial charge >= 0.3 is 0 Å². The maximum atomic E-state index is 13.5. The van der Waals surface area contributed by atoms with E-state index in [-0.39, 0.29) is 16.9 Å². The second-order valence-electron chi connectivity index (χ2n) is 7.89. The molecule has 3 rings (SSSR count). The van der Waals surface area contributed by atoms with Gasteiger partial charge in [0, 0.05) is 30.7 Å². The second-order valence-corrected chi connectivity index (χ2v) is 7.89. The number of carbonyl (C=O) groups is 1. The van der Waals surface area contributed by atoms with Crippen LogP contribution in [0.4, 0.5) is 0 Å². The summed E-state index contributed by atoms with van der Waals surface area (Å²) in [5.74, 6) is 0.284.